The summed E-state index contributed by atoms with van der Waals surface area (Å²) in [5.41, 5.74) is 5.76. The largest absolute Gasteiger partial charge is 0.329 e. The second-order valence-electron chi connectivity index (χ2n) is 4.31. The monoisotopic (exact) mass is 242 g/mol. The molecule has 0 bridgehead atoms. The van der Waals surface area contributed by atoms with Gasteiger partial charge in [0.05, 0.1) is 6.04 Å². The van der Waals surface area contributed by atoms with E-state index in [4.69, 9.17) is 5.73 Å². The molecule has 0 heterocycles. The maximum atomic E-state index is 13.7. The van der Waals surface area contributed by atoms with Crippen molar-refractivity contribution in [2.45, 2.75) is 32.9 Å². The molecule has 0 aliphatic carbocycles. The number of hydrogen-bond donors (Lipinski definition) is 1. The van der Waals surface area contributed by atoms with Gasteiger partial charge in [0.25, 0.3) is 0 Å². The van der Waals surface area contributed by atoms with Crippen LogP contribution in [0.4, 0.5) is 8.78 Å². The summed E-state index contributed by atoms with van der Waals surface area (Å²) >= 11 is 0. The minimum Gasteiger partial charge on any atom is -0.329 e. The number of nitrogens with zero attached hydrogens (tertiary/aromatic N) is 1. The van der Waals surface area contributed by atoms with Crippen molar-refractivity contribution in [2.24, 2.45) is 5.73 Å². The van der Waals surface area contributed by atoms with Gasteiger partial charge >= 0.3 is 0 Å². The highest BCUT2D eigenvalue weighted by molar-refractivity contribution is 5.24. The van der Waals surface area contributed by atoms with Crippen molar-refractivity contribution >= 4 is 0 Å². The van der Waals surface area contributed by atoms with Gasteiger partial charge in [-0.3, -0.25) is 4.90 Å². The molecule has 1 atom stereocenters. The van der Waals surface area contributed by atoms with Crippen molar-refractivity contribution in [3.05, 3.63) is 35.4 Å². The van der Waals surface area contributed by atoms with Crippen molar-refractivity contribution in [1.29, 1.82) is 0 Å². The van der Waals surface area contributed by atoms with Crippen LogP contribution in [0.5, 0.6) is 0 Å². The lowest BCUT2D eigenvalue weighted by Crippen LogP contribution is -2.39. The molecule has 1 unspecified atom stereocenters. The number of rotatable bonds is 5. The number of halogens is 2. The fourth-order valence-electron chi connectivity index (χ4n) is 2.19. The normalized spacial score (nSPS) is 13.4. The maximum absolute atomic E-state index is 13.7. The SMILES string of the molecule is CCN(C(C)C)C(CN)c1c(F)cccc1F. The second kappa shape index (κ2) is 6.07. The zero-order chi connectivity index (χ0) is 13.0. The standard InChI is InChI=1S/C13H20F2N2/c1-4-17(9(2)3)12(8-16)13-10(14)6-5-7-11(13)15/h5-7,9,12H,4,8,16H2,1-3H3. The van der Waals surface area contributed by atoms with Gasteiger partial charge in [-0.15, -0.1) is 0 Å². The minimum absolute atomic E-state index is 0.0746. The Morgan fingerprint density at radius 1 is 1.24 bits per heavy atom. The number of nitrogens with two attached hydrogens (primary N) is 1. The summed E-state index contributed by atoms with van der Waals surface area (Å²) in [6.07, 6.45) is 0. The molecular weight excluding hydrogens is 222 g/mol. The van der Waals surface area contributed by atoms with E-state index in [9.17, 15) is 8.78 Å². The lowest BCUT2D eigenvalue weighted by Gasteiger charge is -2.33. The van der Waals surface area contributed by atoms with Crippen LogP contribution < -0.4 is 5.73 Å². The van der Waals surface area contributed by atoms with E-state index in [0.29, 0.717) is 6.54 Å². The van der Waals surface area contributed by atoms with Crippen LogP contribution in [0.3, 0.4) is 0 Å². The Morgan fingerprint density at radius 2 is 1.76 bits per heavy atom. The first kappa shape index (κ1) is 14.1. The highest BCUT2D eigenvalue weighted by atomic mass is 19.1. The predicted molar refractivity (Wildman–Crippen MR) is 65.7 cm³/mol. The number of likely N-dealkylation sites (N-methyl/N-ethyl adjacent to an activating group) is 1. The summed E-state index contributed by atoms with van der Waals surface area (Å²) in [5.74, 6) is -1.06. The van der Waals surface area contributed by atoms with Crippen molar-refractivity contribution in [1.82, 2.24) is 4.90 Å². The van der Waals surface area contributed by atoms with Crippen LogP contribution in [0, 0.1) is 11.6 Å². The lowest BCUT2D eigenvalue weighted by molar-refractivity contribution is 0.160. The summed E-state index contributed by atoms with van der Waals surface area (Å²) < 4.78 is 27.5. The van der Waals surface area contributed by atoms with Gasteiger partial charge in [-0.2, -0.15) is 0 Å². The summed E-state index contributed by atoms with van der Waals surface area (Å²) in [7, 11) is 0. The van der Waals surface area contributed by atoms with E-state index in [2.05, 4.69) is 0 Å². The average molecular weight is 242 g/mol. The number of benzene rings is 1. The average Bonchev–Trinajstić information content (AvgIpc) is 2.27. The molecule has 0 amide bonds. The summed E-state index contributed by atoms with van der Waals surface area (Å²) in [6.45, 7) is 6.84. The zero-order valence-corrected chi connectivity index (χ0v) is 10.6. The van der Waals surface area contributed by atoms with E-state index in [1.54, 1.807) is 0 Å². The van der Waals surface area contributed by atoms with Crippen LogP contribution in [-0.4, -0.2) is 24.0 Å². The van der Waals surface area contributed by atoms with E-state index in [1.165, 1.54) is 18.2 Å². The molecule has 2 nitrogen and oxygen atoms in total. The molecule has 1 aromatic rings. The van der Waals surface area contributed by atoms with Crippen LogP contribution >= 0.6 is 0 Å². The molecule has 0 aliphatic rings. The summed E-state index contributed by atoms with van der Waals surface area (Å²) in [5, 5.41) is 0. The molecule has 0 aliphatic heterocycles. The van der Waals surface area contributed by atoms with Gasteiger partial charge < -0.3 is 5.73 Å². The highest BCUT2D eigenvalue weighted by Crippen LogP contribution is 2.26. The van der Waals surface area contributed by atoms with Crippen LogP contribution in [0.15, 0.2) is 18.2 Å². The molecule has 17 heavy (non-hydrogen) atoms. The Morgan fingerprint density at radius 3 is 2.12 bits per heavy atom. The van der Waals surface area contributed by atoms with Gasteiger partial charge in [-0.05, 0) is 32.5 Å². The smallest absolute Gasteiger partial charge is 0.130 e. The van der Waals surface area contributed by atoms with E-state index >= 15 is 0 Å². The van der Waals surface area contributed by atoms with Gasteiger partial charge in [0.2, 0.25) is 0 Å². The summed E-state index contributed by atoms with van der Waals surface area (Å²) in [6, 6.07) is 3.69. The van der Waals surface area contributed by atoms with Crippen molar-refractivity contribution in [2.75, 3.05) is 13.1 Å². The van der Waals surface area contributed by atoms with Crippen LogP contribution in [0.25, 0.3) is 0 Å². The Bertz CT molecular complexity index is 346. The maximum Gasteiger partial charge on any atom is 0.130 e. The zero-order valence-electron chi connectivity index (χ0n) is 10.6. The Kier molecular flexibility index (Phi) is 5.02. The number of hydrogen-bond acceptors (Lipinski definition) is 2. The Balaban J connectivity index is 3.17. The Labute approximate surface area is 101 Å². The van der Waals surface area contributed by atoms with E-state index < -0.39 is 17.7 Å². The topological polar surface area (TPSA) is 29.3 Å². The molecule has 0 spiro atoms. The van der Waals surface area contributed by atoms with Crippen molar-refractivity contribution in [3.63, 3.8) is 0 Å². The first-order valence-electron chi connectivity index (χ1n) is 5.92. The first-order valence-corrected chi connectivity index (χ1v) is 5.92. The fourth-order valence-corrected chi connectivity index (χ4v) is 2.19. The predicted octanol–water partition coefficient (Wildman–Crippen LogP) is 2.69. The Hall–Kier alpha value is -1.00. The van der Waals surface area contributed by atoms with E-state index in [1.807, 2.05) is 25.7 Å². The minimum atomic E-state index is -0.528. The fraction of sp³-hybridized carbons (Fsp3) is 0.538. The molecule has 2 N–H and O–H groups in total. The first-order chi connectivity index (χ1) is 8.02. The molecule has 1 rings (SSSR count). The quantitative estimate of drug-likeness (QED) is 0.860. The third kappa shape index (κ3) is 3.01. The van der Waals surface area contributed by atoms with Crippen molar-refractivity contribution in [3.8, 4) is 0 Å². The molecular formula is C13H20F2N2. The second-order valence-corrected chi connectivity index (χ2v) is 4.31. The molecule has 0 fully saturated rings. The third-order valence-electron chi connectivity index (χ3n) is 2.98. The van der Waals surface area contributed by atoms with Crippen LogP contribution in [-0.2, 0) is 0 Å². The van der Waals surface area contributed by atoms with E-state index in [-0.39, 0.29) is 18.2 Å². The molecule has 0 saturated heterocycles. The third-order valence-corrected chi connectivity index (χ3v) is 2.98. The molecule has 0 aromatic heterocycles. The molecule has 4 heteroatoms. The van der Waals surface area contributed by atoms with Gasteiger partial charge in [-0.25, -0.2) is 8.78 Å². The molecule has 96 valence electrons. The van der Waals surface area contributed by atoms with Gasteiger partial charge in [0, 0.05) is 18.2 Å². The van der Waals surface area contributed by atoms with Crippen LogP contribution in [0.2, 0.25) is 0 Å². The lowest BCUT2D eigenvalue weighted by atomic mass is 10.0. The van der Waals surface area contributed by atoms with E-state index in [0.717, 1.165) is 0 Å². The molecule has 1 aromatic carbocycles. The van der Waals surface area contributed by atoms with Gasteiger partial charge in [-0.1, -0.05) is 13.0 Å². The molecule has 0 radical (unpaired) electrons. The van der Waals surface area contributed by atoms with Crippen LogP contribution in [0.1, 0.15) is 32.4 Å². The van der Waals surface area contributed by atoms with Crippen molar-refractivity contribution < 1.29 is 8.78 Å². The van der Waals surface area contributed by atoms with Gasteiger partial charge in [0.15, 0.2) is 0 Å². The molecule has 0 saturated carbocycles. The summed E-state index contributed by atoms with van der Waals surface area (Å²) in [4.78, 5) is 1.99. The highest BCUT2D eigenvalue weighted by Gasteiger charge is 2.25. The van der Waals surface area contributed by atoms with Gasteiger partial charge in [0.1, 0.15) is 11.6 Å².